The van der Waals surface area contributed by atoms with Crippen molar-refractivity contribution in [2.24, 2.45) is 0 Å². The molecular weight excluding hydrogens is 308 g/mol. The fraction of sp³-hybridized carbons (Fsp3) is 0.278. The molecule has 1 unspecified atom stereocenters. The van der Waals surface area contributed by atoms with E-state index in [0.29, 0.717) is 0 Å². The number of pyridine rings is 1. The van der Waals surface area contributed by atoms with E-state index in [1.807, 2.05) is 31.2 Å². The van der Waals surface area contributed by atoms with Gasteiger partial charge < -0.3 is 15.2 Å². The van der Waals surface area contributed by atoms with Gasteiger partial charge in [-0.05, 0) is 25.5 Å². The van der Waals surface area contributed by atoms with Crippen molar-refractivity contribution in [3.05, 3.63) is 53.9 Å². The molecule has 2 N–H and O–H groups in total. The maximum absolute atomic E-state index is 12.4. The number of carboxylic acid groups (broad SMARTS) is 1. The first-order valence-corrected chi connectivity index (χ1v) is 7.42. The van der Waals surface area contributed by atoms with Crippen molar-refractivity contribution in [1.82, 2.24) is 10.3 Å². The number of benzene rings is 1. The van der Waals surface area contributed by atoms with Crippen LogP contribution in [0.2, 0.25) is 0 Å². The average Bonchev–Trinajstić information content (AvgIpc) is 2.55. The highest BCUT2D eigenvalue weighted by Gasteiger charge is 2.35. The Morgan fingerprint density at radius 1 is 1.25 bits per heavy atom. The summed E-state index contributed by atoms with van der Waals surface area (Å²) in [6.45, 7) is 3.24. The molecule has 1 amide bonds. The average molecular weight is 328 g/mol. The van der Waals surface area contributed by atoms with Crippen LogP contribution in [-0.2, 0) is 9.53 Å². The Kier molecular flexibility index (Phi) is 5.31. The van der Waals surface area contributed by atoms with Crippen molar-refractivity contribution in [2.45, 2.75) is 19.4 Å². The number of carboxylic acids is 1. The second kappa shape index (κ2) is 7.23. The van der Waals surface area contributed by atoms with Crippen LogP contribution in [0.5, 0.6) is 0 Å². The molecule has 0 saturated carbocycles. The Morgan fingerprint density at radius 3 is 2.62 bits per heavy atom. The van der Waals surface area contributed by atoms with Crippen LogP contribution >= 0.6 is 0 Å². The van der Waals surface area contributed by atoms with Crippen LogP contribution in [-0.4, -0.2) is 41.2 Å². The topological polar surface area (TPSA) is 88.5 Å². The normalized spacial score (nSPS) is 13.1. The minimum atomic E-state index is -1.51. The number of aromatic nitrogens is 1. The lowest BCUT2D eigenvalue weighted by Crippen LogP contribution is -2.55. The maximum Gasteiger partial charge on any atom is 0.331 e. The van der Waals surface area contributed by atoms with E-state index in [-0.39, 0.29) is 12.2 Å². The Bertz CT molecular complexity index is 760. The standard InChI is InChI=1S/C18H20N2O4/c1-12-5-4-6-13(7-12)14-8-15(10-19-9-14)16(21)20-18(2,11-24-3)17(22)23/h4-10H,11H2,1-3H3,(H,20,21)(H,22,23). The van der Waals surface area contributed by atoms with Crippen molar-refractivity contribution < 1.29 is 19.4 Å². The lowest BCUT2D eigenvalue weighted by molar-refractivity contribution is -0.145. The van der Waals surface area contributed by atoms with Gasteiger partial charge in [-0.2, -0.15) is 0 Å². The number of carbonyl (C=O) groups excluding carboxylic acids is 1. The van der Waals surface area contributed by atoms with Crippen LogP contribution in [0.4, 0.5) is 0 Å². The molecule has 1 atom stereocenters. The second-order valence-corrected chi connectivity index (χ2v) is 5.86. The van der Waals surface area contributed by atoms with Gasteiger partial charge in [-0.1, -0.05) is 29.8 Å². The van der Waals surface area contributed by atoms with Gasteiger partial charge in [-0.25, -0.2) is 4.79 Å². The summed E-state index contributed by atoms with van der Waals surface area (Å²) in [5.74, 6) is -1.68. The Morgan fingerprint density at radius 2 is 2.00 bits per heavy atom. The summed E-state index contributed by atoms with van der Waals surface area (Å²) >= 11 is 0. The van der Waals surface area contributed by atoms with E-state index < -0.39 is 17.4 Å². The van der Waals surface area contributed by atoms with Gasteiger partial charge >= 0.3 is 5.97 Å². The molecule has 6 heteroatoms. The molecule has 24 heavy (non-hydrogen) atoms. The molecule has 1 aromatic heterocycles. The van der Waals surface area contributed by atoms with Crippen molar-refractivity contribution in [3.63, 3.8) is 0 Å². The van der Waals surface area contributed by atoms with Crippen molar-refractivity contribution in [1.29, 1.82) is 0 Å². The largest absolute Gasteiger partial charge is 0.479 e. The first kappa shape index (κ1) is 17.6. The van der Waals surface area contributed by atoms with E-state index in [2.05, 4.69) is 10.3 Å². The molecule has 0 spiro atoms. The highest BCUT2D eigenvalue weighted by atomic mass is 16.5. The first-order chi connectivity index (χ1) is 11.4. The van der Waals surface area contributed by atoms with Gasteiger partial charge in [0, 0.05) is 25.1 Å². The van der Waals surface area contributed by atoms with Gasteiger partial charge in [0.15, 0.2) is 5.54 Å². The third-order valence-corrected chi connectivity index (χ3v) is 3.65. The zero-order chi connectivity index (χ0) is 17.7. The molecule has 1 heterocycles. The molecule has 6 nitrogen and oxygen atoms in total. The number of ether oxygens (including phenoxy) is 1. The van der Waals surface area contributed by atoms with Gasteiger partial charge in [0.2, 0.25) is 0 Å². The van der Waals surface area contributed by atoms with Gasteiger partial charge in [0.05, 0.1) is 12.2 Å². The van der Waals surface area contributed by atoms with E-state index in [0.717, 1.165) is 16.7 Å². The summed E-state index contributed by atoms with van der Waals surface area (Å²) < 4.78 is 4.90. The number of hydrogen-bond donors (Lipinski definition) is 2. The van der Waals surface area contributed by atoms with Gasteiger partial charge in [0.25, 0.3) is 5.91 Å². The van der Waals surface area contributed by atoms with Crippen LogP contribution in [0.3, 0.4) is 0 Å². The molecule has 126 valence electrons. The second-order valence-electron chi connectivity index (χ2n) is 5.86. The van der Waals surface area contributed by atoms with Crippen molar-refractivity contribution >= 4 is 11.9 Å². The van der Waals surface area contributed by atoms with Crippen LogP contribution < -0.4 is 5.32 Å². The number of hydrogen-bond acceptors (Lipinski definition) is 4. The highest BCUT2D eigenvalue weighted by Crippen LogP contribution is 2.20. The SMILES string of the molecule is COCC(C)(NC(=O)c1cncc(-c2cccc(C)c2)c1)C(=O)O. The zero-order valence-corrected chi connectivity index (χ0v) is 13.9. The summed E-state index contributed by atoms with van der Waals surface area (Å²) in [7, 11) is 1.38. The highest BCUT2D eigenvalue weighted by molar-refractivity contribution is 5.98. The first-order valence-electron chi connectivity index (χ1n) is 7.42. The molecule has 0 bridgehead atoms. The fourth-order valence-corrected chi connectivity index (χ4v) is 2.31. The van der Waals surface area contributed by atoms with Gasteiger partial charge in [-0.3, -0.25) is 9.78 Å². The molecule has 0 aliphatic rings. The number of nitrogens with zero attached hydrogens (tertiary/aromatic N) is 1. The summed E-state index contributed by atoms with van der Waals surface area (Å²) in [5, 5.41) is 11.8. The summed E-state index contributed by atoms with van der Waals surface area (Å²) in [4.78, 5) is 27.9. The molecule has 2 aromatic rings. The van der Waals surface area contributed by atoms with Gasteiger partial charge in [-0.15, -0.1) is 0 Å². The summed E-state index contributed by atoms with van der Waals surface area (Å²) in [5.41, 5.74) is 1.61. The number of nitrogens with one attached hydrogen (secondary N) is 1. The number of amides is 1. The van der Waals surface area contributed by atoms with Crippen LogP contribution in [0, 0.1) is 6.92 Å². The van der Waals surface area contributed by atoms with E-state index in [9.17, 15) is 14.7 Å². The number of methoxy groups -OCH3 is 1. The fourth-order valence-electron chi connectivity index (χ4n) is 2.31. The molecule has 0 aliphatic heterocycles. The number of carbonyl (C=O) groups is 2. The van der Waals surface area contributed by atoms with E-state index in [1.165, 1.54) is 20.2 Å². The van der Waals surface area contributed by atoms with Crippen molar-refractivity contribution in [3.8, 4) is 11.1 Å². The Hall–Kier alpha value is -2.73. The molecule has 2 rings (SSSR count). The molecule has 1 aromatic carbocycles. The smallest absolute Gasteiger partial charge is 0.331 e. The molecule has 0 radical (unpaired) electrons. The molecule has 0 saturated heterocycles. The molecular formula is C18H20N2O4. The maximum atomic E-state index is 12.4. The predicted molar refractivity (Wildman–Crippen MR) is 89.8 cm³/mol. The minimum Gasteiger partial charge on any atom is -0.479 e. The summed E-state index contributed by atoms with van der Waals surface area (Å²) in [6, 6.07) is 9.52. The van der Waals surface area contributed by atoms with Gasteiger partial charge in [0.1, 0.15) is 0 Å². The van der Waals surface area contributed by atoms with Crippen molar-refractivity contribution in [2.75, 3.05) is 13.7 Å². The van der Waals surface area contributed by atoms with Crippen LogP contribution in [0.25, 0.3) is 11.1 Å². The number of aryl methyl sites for hydroxylation is 1. The van der Waals surface area contributed by atoms with E-state index in [1.54, 1.807) is 12.3 Å². The third kappa shape index (κ3) is 3.97. The Labute approximate surface area is 140 Å². The quantitative estimate of drug-likeness (QED) is 0.849. The van der Waals surface area contributed by atoms with Crippen LogP contribution in [0.1, 0.15) is 22.8 Å². The lowest BCUT2D eigenvalue weighted by atomic mass is 10.0. The molecule has 0 fully saturated rings. The lowest BCUT2D eigenvalue weighted by Gasteiger charge is -2.25. The number of aliphatic carboxylic acids is 1. The minimum absolute atomic E-state index is 0.140. The van der Waals surface area contributed by atoms with Crippen LogP contribution in [0.15, 0.2) is 42.7 Å². The zero-order valence-electron chi connectivity index (χ0n) is 13.9. The van der Waals surface area contributed by atoms with E-state index >= 15 is 0 Å². The summed E-state index contributed by atoms with van der Waals surface area (Å²) in [6.07, 6.45) is 3.07. The predicted octanol–water partition coefficient (Wildman–Crippen LogP) is 2.28. The monoisotopic (exact) mass is 328 g/mol. The van der Waals surface area contributed by atoms with E-state index in [4.69, 9.17) is 4.74 Å². The number of rotatable bonds is 6. The Balaban J connectivity index is 2.28. The molecule has 0 aliphatic carbocycles. The third-order valence-electron chi connectivity index (χ3n) is 3.65.